The van der Waals surface area contributed by atoms with E-state index in [-0.39, 0.29) is 6.10 Å². The molecule has 1 fully saturated rings. The lowest BCUT2D eigenvalue weighted by atomic mass is 9.82. The van der Waals surface area contributed by atoms with Gasteiger partial charge >= 0.3 is 0 Å². The van der Waals surface area contributed by atoms with E-state index in [1.807, 2.05) is 6.07 Å². The van der Waals surface area contributed by atoms with Gasteiger partial charge in [-0.3, -0.25) is 0 Å². The number of halogens is 2. The molecule has 0 saturated heterocycles. The molecule has 1 aromatic carbocycles. The maximum Gasteiger partial charge on any atom is 0.107 e. The van der Waals surface area contributed by atoms with Crippen LogP contribution in [-0.2, 0) is 4.74 Å². The van der Waals surface area contributed by atoms with Gasteiger partial charge in [0, 0.05) is 12.7 Å². The maximum absolute atomic E-state index is 10.6. The molecule has 1 N–H and O–H groups in total. The van der Waals surface area contributed by atoms with E-state index in [0.717, 1.165) is 12.8 Å². The Kier molecular flexibility index (Phi) is 5.52. The third-order valence-electron chi connectivity index (χ3n) is 4.00. The van der Waals surface area contributed by atoms with Gasteiger partial charge < -0.3 is 9.84 Å². The van der Waals surface area contributed by atoms with Crippen LogP contribution in [0, 0.1) is 5.92 Å². The van der Waals surface area contributed by atoms with Crippen molar-refractivity contribution in [3.8, 4) is 0 Å². The first kappa shape index (κ1) is 15.1. The van der Waals surface area contributed by atoms with Crippen molar-refractivity contribution in [1.29, 1.82) is 0 Å². The van der Waals surface area contributed by atoms with Gasteiger partial charge in [-0.25, -0.2) is 0 Å². The Balaban J connectivity index is 2.19. The minimum absolute atomic E-state index is 0.212. The van der Waals surface area contributed by atoms with Crippen molar-refractivity contribution in [3.63, 3.8) is 0 Å². The monoisotopic (exact) mass is 302 g/mol. The first-order valence-corrected chi connectivity index (χ1v) is 7.55. The van der Waals surface area contributed by atoms with Crippen molar-refractivity contribution < 1.29 is 9.84 Å². The second-order valence-electron chi connectivity index (χ2n) is 5.19. The van der Waals surface area contributed by atoms with E-state index in [1.54, 1.807) is 19.2 Å². The molecule has 2 rings (SSSR count). The van der Waals surface area contributed by atoms with Crippen molar-refractivity contribution in [2.45, 2.75) is 44.3 Å². The van der Waals surface area contributed by atoms with Crippen LogP contribution in [0.3, 0.4) is 0 Å². The van der Waals surface area contributed by atoms with E-state index >= 15 is 0 Å². The van der Waals surface area contributed by atoms with E-state index in [0.29, 0.717) is 21.5 Å². The van der Waals surface area contributed by atoms with Gasteiger partial charge in [0.05, 0.1) is 16.1 Å². The van der Waals surface area contributed by atoms with E-state index < -0.39 is 6.10 Å². The van der Waals surface area contributed by atoms with Crippen LogP contribution in [-0.4, -0.2) is 18.3 Å². The normalized spacial score (nSPS) is 20.2. The number of aliphatic hydroxyl groups excluding tert-OH is 1. The molecule has 1 saturated carbocycles. The fourth-order valence-electron chi connectivity index (χ4n) is 2.97. The summed E-state index contributed by atoms with van der Waals surface area (Å²) in [7, 11) is 1.65. The van der Waals surface area contributed by atoms with Crippen LogP contribution in [0.5, 0.6) is 0 Å². The molecule has 1 aliphatic carbocycles. The Bertz CT molecular complexity index is 417. The highest BCUT2D eigenvalue weighted by molar-refractivity contribution is 6.42. The number of rotatable bonds is 4. The number of hydrogen-bond donors (Lipinski definition) is 1. The van der Waals surface area contributed by atoms with Gasteiger partial charge in [0.2, 0.25) is 0 Å². The standard InChI is InChI=1S/C15H20Cl2O2/c1-19-15(10-6-3-2-4-7-10)14(18)11-8-5-9-12(16)13(11)17/h5,8-10,14-15,18H,2-4,6-7H2,1H3. The average molecular weight is 303 g/mol. The molecular formula is C15H20Cl2O2. The molecule has 2 unspecified atom stereocenters. The Morgan fingerprint density at radius 3 is 2.53 bits per heavy atom. The summed E-state index contributed by atoms with van der Waals surface area (Å²) in [6, 6.07) is 5.34. The van der Waals surface area contributed by atoms with Crippen LogP contribution in [0.15, 0.2) is 18.2 Å². The molecule has 2 atom stereocenters. The molecule has 0 spiro atoms. The van der Waals surface area contributed by atoms with Crippen LogP contribution in [0.25, 0.3) is 0 Å². The molecule has 0 radical (unpaired) electrons. The zero-order valence-electron chi connectivity index (χ0n) is 11.1. The van der Waals surface area contributed by atoms with Crippen LogP contribution in [0.4, 0.5) is 0 Å². The molecule has 1 aliphatic rings. The predicted octanol–water partition coefficient (Wildman–Crippen LogP) is 4.62. The summed E-state index contributed by atoms with van der Waals surface area (Å²) in [5.74, 6) is 0.392. The second-order valence-corrected chi connectivity index (χ2v) is 5.97. The largest absolute Gasteiger partial charge is 0.386 e. The van der Waals surface area contributed by atoms with Gasteiger partial charge in [0.25, 0.3) is 0 Å². The van der Waals surface area contributed by atoms with Crippen molar-refractivity contribution in [2.75, 3.05) is 7.11 Å². The molecule has 0 bridgehead atoms. The summed E-state index contributed by atoms with van der Waals surface area (Å²) in [4.78, 5) is 0. The minimum atomic E-state index is -0.723. The summed E-state index contributed by atoms with van der Waals surface area (Å²) in [5, 5.41) is 11.5. The molecule has 19 heavy (non-hydrogen) atoms. The molecule has 2 nitrogen and oxygen atoms in total. The van der Waals surface area contributed by atoms with Gasteiger partial charge in [-0.1, -0.05) is 54.6 Å². The topological polar surface area (TPSA) is 29.5 Å². The predicted molar refractivity (Wildman–Crippen MR) is 78.8 cm³/mol. The number of benzene rings is 1. The Morgan fingerprint density at radius 2 is 1.89 bits per heavy atom. The van der Waals surface area contributed by atoms with E-state index in [9.17, 15) is 5.11 Å². The smallest absolute Gasteiger partial charge is 0.107 e. The maximum atomic E-state index is 10.6. The first-order valence-electron chi connectivity index (χ1n) is 6.80. The molecule has 1 aromatic rings. The highest BCUT2D eigenvalue weighted by atomic mass is 35.5. The third kappa shape index (κ3) is 3.43. The molecule has 0 amide bonds. The molecule has 106 valence electrons. The molecule has 4 heteroatoms. The van der Waals surface area contributed by atoms with Crippen molar-refractivity contribution >= 4 is 23.2 Å². The van der Waals surface area contributed by atoms with Crippen LogP contribution in [0.1, 0.15) is 43.8 Å². The quantitative estimate of drug-likeness (QED) is 0.879. The summed E-state index contributed by atoms with van der Waals surface area (Å²) in [6.07, 6.45) is 4.97. The lowest BCUT2D eigenvalue weighted by Crippen LogP contribution is -2.31. The fourth-order valence-corrected chi connectivity index (χ4v) is 3.39. The Hall–Kier alpha value is -0.280. The SMILES string of the molecule is COC(C1CCCCC1)C(O)c1cccc(Cl)c1Cl. The van der Waals surface area contributed by atoms with Gasteiger partial charge in [0.15, 0.2) is 0 Å². The zero-order chi connectivity index (χ0) is 13.8. The van der Waals surface area contributed by atoms with Gasteiger partial charge in [0.1, 0.15) is 6.10 Å². The molecule has 0 aliphatic heterocycles. The lowest BCUT2D eigenvalue weighted by molar-refractivity contribution is -0.0558. The molecule has 0 heterocycles. The summed E-state index contributed by atoms with van der Waals surface area (Å²) in [5.41, 5.74) is 0.659. The van der Waals surface area contributed by atoms with E-state index in [1.165, 1.54) is 19.3 Å². The van der Waals surface area contributed by atoms with Crippen molar-refractivity contribution in [2.24, 2.45) is 5.92 Å². The highest BCUT2D eigenvalue weighted by Crippen LogP contribution is 2.37. The number of aliphatic hydroxyl groups is 1. The first-order chi connectivity index (χ1) is 9.15. The summed E-state index contributed by atoms with van der Waals surface area (Å²) < 4.78 is 5.55. The van der Waals surface area contributed by atoms with Gasteiger partial charge in [-0.05, 0) is 24.8 Å². The Labute approximate surface area is 124 Å². The van der Waals surface area contributed by atoms with Crippen molar-refractivity contribution in [3.05, 3.63) is 33.8 Å². The Morgan fingerprint density at radius 1 is 1.21 bits per heavy atom. The van der Waals surface area contributed by atoms with Crippen LogP contribution < -0.4 is 0 Å². The van der Waals surface area contributed by atoms with E-state index in [4.69, 9.17) is 27.9 Å². The van der Waals surface area contributed by atoms with Gasteiger partial charge in [-0.15, -0.1) is 0 Å². The number of methoxy groups -OCH3 is 1. The lowest BCUT2D eigenvalue weighted by Gasteiger charge is -2.33. The van der Waals surface area contributed by atoms with Gasteiger partial charge in [-0.2, -0.15) is 0 Å². The van der Waals surface area contributed by atoms with Crippen LogP contribution in [0.2, 0.25) is 10.0 Å². The van der Waals surface area contributed by atoms with E-state index in [2.05, 4.69) is 0 Å². The minimum Gasteiger partial charge on any atom is -0.386 e. The second kappa shape index (κ2) is 6.94. The summed E-state index contributed by atoms with van der Waals surface area (Å²) in [6.45, 7) is 0. The summed E-state index contributed by atoms with van der Waals surface area (Å²) >= 11 is 12.2. The number of ether oxygens (including phenoxy) is 1. The number of hydrogen-bond acceptors (Lipinski definition) is 2. The third-order valence-corrected chi connectivity index (χ3v) is 4.83. The highest BCUT2D eigenvalue weighted by Gasteiger charge is 2.31. The average Bonchev–Trinajstić information content (AvgIpc) is 2.44. The molecule has 0 aromatic heterocycles. The molecular weight excluding hydrogens is 283 g/mol. The van der Waals surface area contributed by atoms with Crippen LogP contribution >= 0.6 is 23.2 Å². The van der Waals surface area contributed by atoms with Crippen molar-refractivity contribution in [1.82, 2.24) is 0 Å². The zero-order valence-corrected chi connectivity index (χ0v) is 12.6. The fraction of sp³-hybridized carbons (Fsp3) is 0.600.